The summed E-state index contributed by atoms with van der Waals surface area (Å²) in [5.41, 5.74) is 2.07. The van der Waals surface area contributed by atoms with Crippen LogP contribution in [0.3, 0.4) is 0 Å². The minimum atomic E-state index is 0.263. The van der Waals surface area contributed by atoms with Gasteiger partial charge in [-0.15, -0.1) is 0 Å². The fourth-order valence-corrected chi connectivity index (χ4v) is 2.36. The van der Waals surface area contributed by atoms with Gasteiger partial charge in [0.05, 0.1) is 29.7 Å². The predicted octanol–water partition coefficient (Wildman–Crippen LogP) is 1.93. The highest BCUT2D eigenvalue weighted by atomic mass is 16.5. The molecule has 4 nitrogen and oxygen atoms in total. The van der Waals surface area contributed by atoms with Gasteiger partial charge in [0.25, 0.3) is 0 Å². The summed E-state index contributed by atoms with van der Waals surface area (Å²) in [4.78, 5) is 8.79. The molecule has 84 valence electrons. The average molecular weight is 217 g/mol. The molecule has 1 aliphatic rings. The van der Waals surface area contributed by atoms with Crippen LogP contribution in [0.15, 0.2) is 18.6 Å². The summed E-state index contributed by atoms with van der Waals surface area (Å²) in [7, 11) is 0. The standard InChI is InChI=1S/C12H15N3O/c1-8-7-15-10(5-13-8)6-14-12(15)11-3-4-16-9(11)2/h5-7,9,11H,3-4H2,1-2H3. The van der Waals surface area contributed by atoms with Gasteiger partial charge < -0.3 is 9.14 Å². The van der Waals surface area contributed by atoms with E-state index >= 15 is 0 Å². The van der Waals surface area contributed by atoms with Gasteiger partial charge in [-0.05, 0) is 20.3 Å². The van der Waals surface area contributed by atoms with E-state index in [1.165, 1.54) is 0 Å². The molecule has 0 N–H and O–H groups in total. The maximum absolute atomic E-state index is 5.60. The van der Waals surface area contributed by atoms with Crippen molar-refractivity contribution in [3.05, 3.63) is 30.1 Å². The summed E-state index contributed by atoms with van der Waals surface area (Å²) in [5.74, 6) is 1.51. The Hall–Kier alpha value is -1.42. The predicted molar refractivity (Wildman–Crippen MR) is 60.5 cm³/mol. The van der Waals surface area contributed by atoms with E-state index in [0.29, 0.717) is 5.92 Å². The van der Waals surface area contributed by atoms with Gasteiger partial charge in [0.15, 0.2) is 0 Å². The van der Waals surface area contributed by atoms with Crippen molar-refractivity contribution in [2.45, 2.75) is 32.3 Å². The number of aromatic nitrogens is 3. The van der Waals surface area contributed by atoms with Crippen LogP contribution < -0.4 is 0 Å². The minimum absolute atomic E-state index is 0.263. The smallest absolute Gasteiger partial charge is 0.119 e. The molecule has 0 amide bonds. The van der Waals surface area contributed by atoms with Gasteiger partial charge in [-0.2, -0.15) is 0 Å². The van der Waals surface area contributed by atoms with E-state index in [9.17, 15) is 0 Å². The number of rotatable bonds is 1. The highest BCUT2D eigenvalue weighted by Gasteiger charge is 2.29. The van der Waals surface area contributed by atoms with Crippen LogP contribution in [0, 0.1) is 6.92 Å². The van der Waals surface area contributed by atoms with Crippen LogP contribution in [0.5, 0.6) is 0 Å². The van der Waals surface area contributed by atoms with Gasteiger partial charge in [-0.1, -0.05) is 0 Å². The molecule has 2 atom stereocenters. The van der Waals surface area contributed by atoms with E-state index in [1.54, 1.807) is 0 Å². The third-order valence-corrected chi connectivity index (χ3v) is 3.28. The molecule has 1 fully saturated rings. The fourth-order valence-electron chi connectivity index (χ4n) is 2.36. The number of imidazole rings is 1. The topological polar surface area (TPSA) is 39.4 Å². The average Bonchev–Trinajstić information content (AvgIpc) is 2.83. The molecule has 1 aliphatic heterocycles. The van der Waals surface area contributed by atoms with Crippen molar-refractivity contribution in [3.8, 4) is 0 Å². The Morgan fingerprint density at radius 1 is 1.38 bits per heavy atom. The molecule has 0 aliphatic carbocycles. The monoisotopic (exact) mass is 217 g/mol. The highest BCUT2D eigenvalue weighted by molar-refractivity contribution is 5.44. The van der Waals surface area contributed by atoms with E-state index < -0.39 is 0 Å². The fraction of sp³-hybridized carbons (Fsp3) is 0.500. The molecular formula is C12H15N3O. The van der Waals surface area contributed by atoms with Crippen LogP contribution in [0.25, 0.3) is 5.52 Å². The summed E-state index contributed by atoms with van der Waals surface area (Å²) >= 11 is 0. The molecule has 3 heterocycles. The molecule has 0 radical (unpaired) electrons. The van der Waals surface area contributed by atoms with E-state index in [-0.39, 0.29) is 6.10 Å². The SMILES string of the molecule is Cc1cn2c(C3CCOC3C)ncc2cn1. The number of aryl methyl sites for hydroxylation is 1. The van der Waals surface area contributed by atoms with Crippen LogP contribution in [-0.4, -0.2) is 27.1 Å². The second kappa shape index (κ2) is 3.56. The van der Waals surface area contributed by atoms with Crippen molar-refractivity contribution in [2.24, 2.45) is 0 Å². The summed E-state index contributed by atoms with van der Waals surface area (Å²) < 4.78 is 7.74. The van der Waals surface area contributed by atoms with E-state index in [0.717, 1.165) is 30.1 Å². The summed E-state index contributed by atoms with van der Waals surface area (Å²) in [6, 6.07) is 0. The number of hydrogen-bond donors (Lipinski definition) is 0. The van der Waals surface area contributed by atoms with Gasteiger partial charge in [-0.25, -0.2) is 4.98 Å². The lowest BCUT2D eigenvalue weighted by Crippen LogP contribution is -2.12. The van der Waals surface area contributed by atoms with Crippen molar-refractivity contribution < 1.29 is 4.74 Å². The molecule has 0 aromatic carbocycles. The summed E-state index contributed by atoms with van der Waals surface area (Å²) in [6.07, 6.45) is 7.11. The molecule has 0 spiro atoms. The molecule has 0 bridgehead atoms. The van der Waals surface area contributed by atoms with Crippen molar-refractivity contribution in [2.75, 3.05) is 6.61 Å². The quantitative estimate of drug-likeness (QED) is 0.732. The zero-order valence-electron chi connectivity index (χ0n) is 9.55. The van der Waals surface area contributed by atoms with Crippen LogP contribution in [0.1, 0.15) is 30.8 Å². The molecule has 4 heteroatoms. The molecule has 2 unspecified atom stereocenters. The summed E-state index contributed by atoms with van der Waals surface area (Å²) in [6.45, 7) is 4.95. The first-order chi connectivity index (χ1) is 7.75. The lowest BCUT2D eigenvalue weighted by molar-refractivity contribution is 0.117. The molecule has 16 heavy (non-hydrogen) atoms. The first-order valence-corrected chi connectivity index (χ1v) is 5.67. The molecular weight excluding hydrogens is 202 g/mol. The maximum atomic E-state index is 5.60. The Morgan fingerprint density at radius 2 is 2.19 bits per heavy atom. The maximum Gasteiger partial charge on any atom is 0.119 e. The minimum Gasteiger partial charge on any atom is -0.378 e. The number of hydrogen-bond acceptors (Lipinski definition) is 3. The highest BCUT2D eigenvalue weighted by Crippen LogP contribution is 2.30. The van der Waals surface area contributed by atoms with Crippen LogP contribution in [0.4, 0.5) is 0 Å². The molecule has 2 aromatic heterocycles. The van der Waals surface area contributed by atoms with E-state index in [2.05, 4.69) is 21.3 Å². The Balaban J connectivity index is 2.12. The molecule has 2 aromatic rings. The van der Waals surface area contributed by atoms with Crippen LogP contribution in [-0.2, 0) is 4.74 Å². The van der Waals surface area contributed by atoms with Gasteiger partial charge in [0.1, 0.15) is 5.82 Å². The zero-order valence-corrected chi connectivity index (χ0v) is 9.55. The number of nitrogens with zero attached hydrogens (tertiary/aromatic N) is 3. The van der Waals surface area contributed by atoms with E-state index in [4.69, 9.17) is 4.74 Å². The van der Waals surface area contributed by atoms with Gasteiger partial charge in [0, 0.05) is 18.7 Å². The van der Waals surface area contributed by atoms with Crippen molar-refractivity contribution in [1.82, 2.24) is 14.4 Å². The Bertz CT molecular complexity index is 520. The van der Waals surface area contributed by atoms with Gasteiger partial charge >= 0.3 is 0 Å². The largest absolute Gasteiger partial charge is 0.378 e. The molecule has 1 saturated heterocycles. The first kappa shape index (κ1) is 9.78. The lowest BCUT2D eigenvalue weighted by Gasteiger charge is -2.12. The lowest BCUT2D eigenvalue weighted by atomic mass is 10.0. The second-order valence-electron chi connectivity index (χ2n) is 4.41. The zero-order chi connectivity index (χ0) is 11.1. The van der Waals surface area contributed by atoms with Crippen molar-refractivity contribution in [3.63, 3.8) is 0 Å². The second-order valence-corrected chi connectivity index (χ2v) is 4.41. The normalized spacial score (nSPS) is 25.4. The third-order valence-electron chi connectivity index (χ3n) is 3.28. The number of fused-ring (bicyclic) bond motifs is 1. The van der Waals surface area contributed by atoms with Gasteiger partial charge in [0.2, 0.25) is 0 Å². The number of ether oxygens (including phenoxy) is 1. The Labute approximate surface area is 94.3 Å². The third kappa shape index (κ3) is 1.41. The first-order valence-electron chi connectivity index (χ1n) is 5.67. The molecule has 3 rings (SSSR count). The van der Waals surface area contributed by atoms with Crippen molar-refractivity contribution >= 4 is 5.52 Å². The van der Waals surface area contributed by atoms with Crippen molar-refractivity contribution in [1.29, 1.82) is 0 Å². The Morgan fingerprint density at radius 3 is 2.94 bits per heavy atom. The summed E-state index contributed by atoms with van der Waals surface area (Å²) in [5, 5.41) is 0. The Kier molecular flexibility index (Phi) is 2.17. The van der Waals surface area contributed by atoms with Crippen LogP contribution >= 0.6 is 0 Å². The van der Waals surface area contributed by atoms with E-state index in [1.807, 2.05) is 25.5 Å². The molecule has 0 saturated carbocycles. The van der Waals surface area contributed by atoms with Gasteiger partial charge in [-0.3, -0.25) is 4.98 Å². The van der Waals surface area contributed by atoms with Crippen LogP contribution in [0.2, 0.25) is 0 Å².